The second-order valence-electron chi connectivity index (χ2n) is 5.39. The monoisotopic (exact) mass is 358 g/mol. The zero-order valence-corrected chi connectivity index (χ0v) is 15.8. The Morgan fingerprint density at radius 2 is 1.58 bits per heavy atom. The van der Waals surface area contributed by atoms with Crippen molar-refractivity contribution in [2.24, 2.45) is 16.1 Å². The molecule has 0 spiro atoms. The van der Waals surface area contributed by atoms with Crippen LogP contribution >= 0.6 is 0 Å². The Labute approximate surface area is 156 Å². The number of aliphatic hydroxyl groups excluding tert-OH is 1. The predicted molar refractivity (Wildman–Crippen MR) is 107 cm³/mol. The van der Waals surface area contributed by atoms with E-state index >= 15 is 0 Å². The van der Waals surface area contributed by atoms with Crippen LogP contribution in [0.2, 0.25) is 0 Å². The van der Waals surface area contributed by atoms with Crippen LogP contribution < -0.4 is 11.3 Å². The molecular formula is C20H30N4O2. The average Bonchev–Trinajstić information content (AvgIpc) is 2.69. The molecule has 0 aliphatic carbocycles. The molecule has 6 heteroatoms. The summed E-state index contributed by atoms with van der Waals surface area (Å²) in [6.45, 7) is 5.43. The van der Waals surface area contributed by atoms with Crippen LogP contribution in [-0.4, -0.2) is 17.1 Å². The molecule has 0 aliphatic rings. The number of aliphatic hydroxyl groups is 1. The van der Waals surface area contributed by atoms with E-state index in [0.717, 1.165) is 17.8 Å². The summed E-state index contributed by atoms with van der Waals surface area (Å²) in [5.41, 5.74) is 4.24. The van der Waals surface area contributed by atoms with Crippen molar-refractivity contribution < 1.29 is 9.90 Å². The summed E-state index contributed by atoms with van der Waals surface area (Å²) in [4.78, 5) is 9.81. The average molecular weight is 358 g/mol. The summed E-state index contributed by atoms with van der Waals surface area (Å²) in [6.07, 6.45) is 1.58. The van der Waals surface area contributed by atoms with Crippen LogP contribution in [0.25, 0.3) is 0 Å². The minimum Gasteiger partial charge on any atom is -0.370 e. The number of nitrogen functional groups attached to an aromatic ring is 1. The number of anilines is 1. The second-order valence-corrected chi connectivity index (χ2v) is 5.39. The van der Waals surface area contributed by atoms with Crippen LogP contribution in [0.4, 0.5) is 11.4 Å². The smallest absolute Gasteiger partial charge is 0.165 e. The Morgan fingerprint density at radius 1 is 1.08 bits per heavy atom. The van der Waals surface area contributed by atoms with Crippen molar-refractivity contribution in [2.45, 2.75) is 46.3 Å². The maximum absolute atomic E-state index is 9.81. The molecule has 0 aromatic heterocycles. The maximum Gasteiger partial charge on any atom is 0.165 e. The first-order chi connectivity index (χ1) is 12.5. The number of carbonyl (C=O) groups excluding carboxylic acids is 1. The number of nitrogens with one attached hydrogen (secondary N) is 1. The number of para-hydroxylation sites is 1. The number of hydrazine groups is 1. The first-order valence-electron chi connectivity index (χ1n) is 8.68. The molecule has 1 atom stereocenters. The van der Waals surface area contributed by atoms with Crippen molar-refractivity contribution in [3.05, 3.63) is 60.7 Å². The molecule has 0 saturated heterocycles. The van der Waals surface area contributed by atoms with Crippen LogP contribution in [0.15, 0.2) is 70.9 Å². The maximum atomic E-state index is 9.81. The third kappa shape index (κ3) is 13.8. The summed E-state index contributed by atoms with van der Waals surface area (Å²) >= 11 is 0. The molecule has 142 valence electrons. The van der Waals surface area contributed by atoms with Crippen LogP contribution in [0.1, 0.15) is 40.0 Å². The van der Waals surface area contributed by atoms with Gasteiger partial charge in [0.05, 0.1) is 5.69 Å². The number of carbonyl (C=O) groups is 1. The largest absolute Gasteiger partial charge is 0.370 e. The molecule has 1 unspecified atom stereocenters. The van der Waals surface area contributed by atoms with Crippen molar-refractivity contribution in [1.82, 2.24) is 0 Å². The predicted octanol–water partition coefficient (Wildman–Crippen LogP) is 4.85. The highest BCUT2D eigenvalue weighted by molar-refractivity contribution is 5.74. The number of hydrogen-bond donors (Lipinski definition) is 3. The lowest BCUT2D eigenvalue weighted by Gasteiger charge is -1.99. The van der Waals surface area contributed by atoms with Gasteiger partial charge < -0.3 is 15.3 Å². The molecule has 0 radical (unpaired) electrons. The third-order valence-electron chi connectivity index (χ3n) is 3.05. The van der Waals surface area contributed by atoms with E-state index < -0.39 is 6.23 Å². The van der Waals surface area contributed by atoms with E-state index in [1.54, 1.807) is 6.92 Å². The van der Waals surface area contributed by atoms with Gasteiger partial charge in [0.25, 0.3) is 0 Å². The van der Waals surface area contributed by atoms with Gasteiger partial charge in [-0.2, -0.15) is 10.2 Å². The summed E-state index contributed by atoms with van der Waals surface area (Å²) in [7, 11) is 0. The molecule has 0 bridgehead atoms. The quantitative estimate of drug-likeness (QED) is 0.390. The van der Waals surface area contributed by atoms with Gasteiger partial charge in [0, 0.05) is 12.1 Å². The molecule has 0 aliphatic heterocycles. The lowest BCUT2D eigenvalue weighted by Crippen LogP contribution is -2.05. The van der Waals surface area contributed by atoms with Crippen molar-refractivity contribution in [2.75, 3.05) is 5.43 Å². The molecule has 4 N–H and O–H groups in total. The molecule has 26 heavy (non-hydrogen) atoms. The fourth-order valence-corrected chi connectivity index (χ4v) is 1.48. The number of Topliss-reactive ketones (excluding diaryl/α,β-unsaturated/α-hetero) is 1. The molecule has 0 fully saturated rings. The Morgan fingerprint density at radius 3 is 1.96 bits per heavy atom. The number of ketones is 1. The second kappa shape index (κ2) is 15.9. The van der Waals surface area contributed by atoms with Gasteiger partial charge in [-0.1, -0.05) is 56.7 Å². The van der Waals surface area contributed by atoms with Crippen LogP contribution in [0.5, 0.6) is 0 Å². The summed E-state index contributed by atoms with van der Waals surface area (Å²) < 4.78 is 0. The summed E-state index contributed by atoms with van der Waals surface area (Å²) in [5.74, 6) is 5.35. The number of rotatable bonds is 6. The first-order valence-corrected chi connectivity index (χ1v) is 8.68. The molecule has 2 aromatic rings. The van der Waals surface area contributed by atoms with E-state index in [-0.39, 0.29) is 5.78 Å². The Kier molecular flexibility index (Phi) is 14.4. The van der Waals surface area contributed by atoms with Gasteiger partial charge in [-0.05, 0) is 37.6 Å². The number of nitrogens with two attached hydrogens (primary N) is 1. The van der Waals surface area contributed by atoms with Crippen LogP contribution in [0, 0.1) is 0 Å². The Hall–Kier alpha value is -2.57. The fraction of sp³-hybridized carbons (Fsp3) is 0.350. The van der Waals surface area contributed by atoms with E-state index in [9.17, 15) is 9.90 Å². The Balaban J connectivity index is 0.000000409. The van der Waals surface area contributed by atoms with E-state index in [1.165, 1.54) is 0 Å². The molecule has 6 nitrogen and oxygen atoms in total. The number of hydrogen-bond acceptors (Lipinski definition) is 6. The first kappa shape index (κ1) is 23.4. The topological polar surface area (TPSA) is 100 Å². The number of azo groups is 1. The number of nitrogens with zero attached hydrogens (tertiary/aromatic N) is 2. The van der Waals surface area contributed by atoms with Crippen molar-refractivity contribution >= 4 is 17.2 Å². The van der Waals surface area contributed by atoms with E-state index in [0.29, 0.717) is 12.8 Å². The SMILES string of the molecule is CCC(C)=O.CCCC(O)N=Nc1ccccc1.NNc1ccccc1. The third-order valence-corrected chi connectivity index (χ3v) is 3.05. The molecule has 0 heterocycles. The molecular weight excluding hydrogens is 328 g/mol. The highest BCUT2D eigenvalue weighted by Gasteiger charge is 1.97. The van der Waals surface area contributed by atoms with Crippen molar-refractivity contribution in [3.8, 4) is 0 Å². The van der Waals surface area contributed by atoms with Crippen molar-refractivity contribution in [3.63, 3.8) is 0 Å². The minimum atomic E-state index is -0.662. The Bertz CT molecular complexity index is 604. The van der Waals surface area contributed by atoms with Gasteiger partial charge in [-0.15, -0.1) is 0 Å². The molecule has 2 aromatic carbocycles. The highest BCUT2D eigenvalue weighted by Crippen LogP contribution is 2.11. The van der Waals surface area contributed by atoms with Crippen molar-refractivity contribution in [1.29, 1.82) is 0 Å². The highest BCUT2D eigenvalue weighted by atomic mass is 16.3. The normalized spacial score (nSPS) is 10.8. The van der Waals surface area contributed by atoms with Gasteiger partial charge in [0.1, 0.15) is 5.78 Å². The van der Waals surface area contributed by atoms with Gasteiger partial charge in [0.15, 0.2) is 6.23 Å². The zero-order valence-electron chi connectivity index (χ0n) is 15.8. The minimum absolute atomic E-state index is 0.255. The van der Waals surface area contributed by atoms with Crippen LogP contribution in [0.3, 0.4) is 0 Å². The van der Waals surface area contributed by atoms with Gasteiger partial charge in [-0.3, -0.25) is 5.84 Å². The van der Waals surface area contributed by atoms with Gasteiger partial charge in [0.2, 0.25) is 0 Å². The van der Waals surface area contributed by atoms with Gasteiger partial charge in [-0.25, -0.2) is 0 Å². The lowest BCUT2D eigenvalue weighted by molar-refractivity contribution is -0.116. The van der Waals surface area contributed by atoms with E-state index in [4.69, 9.17) is 5.84 Å². The molecule has 0 saturated carbocycles. The number of benzene rings is 2. The summed E-state index contributed by atoms with van der Waals surface area (Å²) in [6, 6.07) is 19.0. The summed E-state index contributed by atoms with van der Waals surface area (Å²) in [5, 5.41) is 16.9. The standard InChI is InChI=1S/C10H14N2O.C6H8N2.C4H8O/c1-2-6-10(13)12-11-9-7-4-3-5-8-9;7-8-6-4-2-1-3-5-6;1-3-4(2)5/h3-5,7-8,10,13H,2,6H2,1H3;1-5,8H,7H2;3H2,1-2H3. The van der Waals surface area contributed by atoms with Gasteiger partial charge >= 0.3 is 0 Å². The van der Waals surface area contributed by atoms with E-state index in [2.05, 4.69) is 15.7 Å². The zero-order chi connectivity index (χ0) is 19.6. The van der Waals surface area contributed by atoms with Crippen LogP contribution in [-0.2, 0) is 4.79 Å². The molecule has 2 rings (SSSR count). The van der Waals surface area contributed by atoms with E-state index in [1.807, 2.05) is 74.5 Å². The lowest BCUT2D eigenvalue weighted by atomic mass is 10.3. The molecule has 0 amide bonds. The fourth-order valence-electron chi connectivity index (χ4n) is 1.48.